The van der Waals surface area contributed by atoms with E-state index in [2.05, 4.69) is 29.2 Å². The summed E-state index contributed by atoms with van der Waals surface area (Å²) >= 11 is 3.09. The van der Waals surface area contributed by atoms with Gasteiger partial charge in [0.15, 0.2) is 11.5 Å². The molecule has 0 radical (unpaired) electrons. The molecule has 0 N–H and O–H groups in total. The highest BCUT2D eigenvalue weighted by atomic mass is 127. The van der Waals surface area contributed by atoms with E-state index >= 15 is 0 Å². The Morgan fingerprint density at radius 2 is 1.89 bits per heavy atom. The SMILES string of the molecule is C=CCc1cc(/C=C2/SC(=O)N(CC(=O)N3CCOCC3)C2=O)cc(OCC)c1OCc1ccc(I)cc1. The van der Waals surface area contributed by atoms with Gasteiger partial charge in [-0.25, -0.2) is 0 Å². The van der Waals surface area contributed by atoms with Gasteiger partial charge < -0.3 is 19.1 Å². The first kappa shape index (κ1) is 28.2. The first-order chi connectivity index (χ1) is 18.4. The molecule has 2 aromatic rings. The number of rotatable bonds is 10. The molecule has 3 amide bonds. The molecule has 10 heteroatoms. The molecule has 38 heavy (non-hydrogen) atoms. The van der Waals surface area contributed by atoms with Crippen LogP contribution in [0.5, 0.6) is 11.5 Å². The second-order valence-electron chi connectivity index (χ2n) is 8.61. The average Bonchev–Trinajstić information content (AvgIpc) is 3.17. The van der Waals surface area contributed by atoms with Crippen LogP contribution in [-0.4, -0.2) is 66.3 Å². The number of morpholine rings is 1. The monoisotopic (exact) mass is 648 g/mol. The van der Waals surface area contributed by atoms with Crippen LogP contribution in [0.2, 0.25) is 0 Å². The molecule has 0 aromatic heterocycles. The van der Waals surface area contributed by atoms with Crippen molar-refractivity contribution in [1.29, 1.82) is 0 Å². The first-order valence-electron chi connectivity index (χ1n) is 12.3. The van der Waals surface area contributed by atoms with Crippen molar-refractivity contribution >= 4 is 57.5 Å². The van der Waals surface area contributed by atoms with Crippen molar-refractivity contribution in [3.63, 3.8) is 0 Å². The van der Waals surface area contributed by atoms with Crippen molar-refractivity contribution in [2.24, 2.45) is 0 Å². The Bertz CT molecular complexity index is 1240. The fourth-order valence-corrected chi connectivity index (χ4v) is 5.27. The minimum absolute atomic E-state index is 0.254. The second kappa shape index (κ2) is 13.3. The standard InChI is InChI=1S/C28H29IN2O6S/c1-3-5-21-14-20(15-23(36-4-2)26(21)37-18-19-6-8-22(29)9-7-19)16-24-27(33)31(28(34)38-24)17-25(32)30-10-12-35-13-11-30/h3,6-9,14-16H,1,4-5,10-13,17-18H2,2H3/b24-16+. The summed E-state index contributed by atoms with van der Waals surface area (Å²) < 4.78 is 18.5. The molecule has 2 saturated heterocycles. The zero-order valence-corrected chi connectivity index (χ0v) is 24.1. The van der Waals surface area contributed by atoms with E-state index in [4.69, 9.17) is 14.2 Å². The molecule has 0 saturated carbocycles. The number of halogens is 1. The highest BCUT2D eigenvalue weighted by molar-refractivity contribution is 14.1. The molecule has 2 aromatic carbocycles. The largest absolute Gasteiger partial charge is 0.490 e. The Labute approximate surface area is 240 Å². The van der Waals surface area contributed by atoms with Crippen LogP contribution in [-0.2, 0) is 27.4 Å². The molecule has 0 bridgehead atoms. The summed E-state index contributed by atoms with van der Waals surface area (Å²) in [5.74, 6) is 0.416. The predicted octanol–water partition coefficient (Wildman–Crippen LogP) is 4.89. The normalized spacial score (nSPS) is 16.7. The Morgan fingerprint density at radius 1 is 1.16 bits per heavy atom. The maximum absolute atomic E-state index is 13.1. The Balaban J connectivity index is 1.56. The van der Waals surface area contributed by atoms with E-state index < -0.39 is 11.1 Å². The summed E-state index contributed by atoms with van der Waals surface area (Å²) in [6, 6.07) is 11.8. The van der Waals surface area contributed by atoms with Crippen molar-refractivity contribution in [2.75, 3.05) is 39.5 Å². The molecule has 2 aliphatic heterocycles. The van der Waals surface area contributed by atoms with Gasteiger partial charge in [-0.1, -0.05) is 18.2 Å². The second-order valence-corrected chi connectivity index (χ2v) is 10.8. The number of carbonyl (C=O) groups excluding carboxylic acids is 3. The van der Waals surface area contributed by atoms with E-state index in [9.17, 15) is 14.4 Å². The third-order valence-electron chi connectivity index (χ3n) is 5.94. The fourth-order valence-electron chi connectivity index (χ4n) is 4.07. The number of nitrogens with zero attached hydrogens (tertiary/aromatic N) is 2. The maximum Gasteiger partial charge on any atom is 0.294 e. The minimum atomic E-state index is -0.483. The van der Waals surface area contributed by atoms with Crippen molar-refractivity contribution in [1.82, 2.24) is 9.80 Å². The molecule has 2 heterocycles. The molecular formula is C28H29IN2O6S. The molecule has 0 spiro atoms. The first-order valence-corrected chi connectivity index (χ1v) is 14.2. The minimum Gasteiger partial charge on any atom is -0.490 e. The summed E-state index contributed by atoms with van der Waals surface area (Å²) in [6.45, 7) is 8.09. The Kier molecular flexibility index (Phi) is 9.86. The number of allylic oxidation sites excluding steroid dienone is 1. The van der Waals surface area contributed by atoms with Gasteiger partial charge in [0.25, 0.3) is 11.1 Å². The molecule has 0 atom stereocenters. The Morgan fingerprint density at radius 3 is 2.58 bits per heavy atom. The van der Waals surface area contributed by atoms with E-state index in [-0.39, 0.29) is 17.4 Å². The molecule has 0 aliphatic carbocycles. The van der Waals surface area contributed by atoms with E-state index in [1.54, 1.807) is 23.1 Å². The predicted molar refractivity (Wildman–Crippen MR) is 155 cm³/mol. The van der Waals surface area contributed by atoms with Gasteiger partial charge in [-0.15, -0.1) is 6.58 Å². The number of hydrogen-bond acceptors (Lipinski definition) is 7. The maximum atomic E-state index is 13.1. The molecule has 2 aliphatic rings. The lowest BCUT2D eigenvalue weighted by Gasteiger charge is -2.28. The van der Waals surface area contributed by atoms with Crippen LogP contribution in [0.3, 0.4) is 0 Å². The Hall–Kier alpha value is -2.83. The molecule has 8 nitrogen and oxygen atoms in total. The van der Waals surface area contributed by atoms with E-state index in [0.717, 1.165) is 31.4 Å². The average molecular weight is 649 g/mol. The van der Waals surface area contributed by atoms with Gasteiger partial charge in [-0.05, 0) is 89.2 Å². The number of ether oxygens (including phenoxy) is 3. The van der Waals surface area contributed by atoms with E-state index in [1.165, 1.54) is 0 Å². The molecule has 4 rings (SSSR count). The third-order valence-corrected chi connectivity index (χ3v) is 7.57. The van der Waals surface area contributed by atoms with Gasteiger partial charge in [-0.3, -0.25) is 19.3 Å². The lowest BCUT2D eigenvalue weighted by molar-refractivity contribution is -0.139. The summed E-state index contributed by atoms with van der Waals surface area (Å²) in [5, 5.41) is -0.461. The quantitative estimate of drug-likeness (QED) is 0.206. The van der Waals surface area contributed by atoms with Crippen LogP contribution in [0, 0.1) is 3.57 Å². The third kappa shape index (κ3) is 6.97. The van der Waals surface area contributed by atoms with Crippen LogP contribution >= 0.6 is 34.4 Å². The fraction of sp³-hybridized carbons (Fsp3) is 0.321. The summed E-state index contributed by atoms with van der Waals surface area (Å²) in [4.78, 5) is 41.2. The van der Waals surface area contributed by atoms with Crippen LogP contribution in [0.1, 0.15) is 23.6 Å². The van der Waals surface area contributed by atoms with E-state index in [0.29, 0.717) is 63.0 Å². The zero-order chi connectivity index (χ0) is 27.1. The number of carbonyl (C=O) groups is 3. The lowest BCUT2D eigenvalue weighted by atomic mass is 10.0. The van der Waals surface area contributed by atoms with Gasteiger partial charge in [0.1, 0.15) is 13.2 Å². The van der Waals surface area contributed by atoms with Gasteiger partial charge >= 0.3 is 0 Å². The summed E-state index contributed by atoms with van der Waals surface area (Å²) in [7, 11) is 0. The lowest BCUT2D eigenvalue weighted by Crippen LogP contribution is -2.46. The van der Waals surface area contributed by atoms with Crippen molar-refractivity contribution in [3.05, 3.63) is 74.2 Å². The van der Waals surface area contributed by atoms with Crippen LogP contribution in [0.4, 0.5) is 4.79 Å². The summed E-state index contributed by atoms with van der Waals surface area (Å²) in [5.41, 5.74) is 2.57. The van der Waals surface area contributed by atoms with Gasteiger partial charge in [0.05, 0.1) is 24.7 Å². The smallest absolute Gasteiger partial charge is 0.294 e. The van der Waals surface area contributed by atoms with Crippen molar-refractivity contribution in [2.45, 2.75) is 20.0 Å². The molecule has 0 unspecified atom stereocenters. The van der Waals surface area contributed by atoms with Crippen LogP contribution < -0.4 is 9.47 Å². The number of thioether (sulfide) groups is 1. The van der Waals surface area contributed by atoms with E-state index in [1.807, 2.05) is 37.3 Å². The zero-order valence-electron chi connectivity index (χ0n) is 21.1. The topological polar surface area (TPSA) is 85.4 Å². The van der Waals surface area contributed by atoms with Crippen LogP contribution in [0.25, 0.3) is 6.08 Å². The van der Waals surface area contributed by atoms with Crippen LogP contribution in [0.15, 0.2) is 54.0 Å². The highest BCUT2D eigenvalue weighted by Gasteiger charge is 2.37. The van der Waals surface area contributed by atoms with Crippen molar-refractivity contribution in [3.8, 4) is 11.5 Å². The summed E-state index contributed by atoms with van der Waals surface area (Å²) in [6.07, 6.45) is 3.96. The molecular weight excluding hydrogens is 619 g/mol. The number of imide groups is 1. The van der Waals surface area contributed by atoms with Gasteiger partial charge in [0, 0.05) is 22.2 Å². The molecule has 200 valence electrons. The number of amides is 3. The van der Waals surface area contributed by atoms with Gasteiger partial charge in [-0.2, -0.15) is 0 Å². The number of hydrogen-bond donors (Lipinski definition) is 0. The number of benzene rings is 2. The van der Waals surface area contributed by atoms with Gasteiger partial charge in [0.2, 0.25) is 5.91 Å². The highest BCUT2D eigenvalue weighted by Crippen LogP contribution is 2.38. The molecule has 2 fully saturated rings. The van der Waals surface area contributed by atoms with Crippen molar-refractivity contribution < 1.29 is 28.6 Å².